The molecule has 2 aromatic carbocycles. The van der Waals surface area contributed by atoms with Gasteiger partial charge >= 0.3 is 0 Å². The van der Waals surface area contributed by atoms with Crippen LogP contribution < -0.4 is 0 Å². The third-order valence-corrected chi connectivity index (χ3v) is 3.68. The van der Waals surface area contributed by atoms with Gasteiger partial charge in [0.1, 0.15) is 6.04 Å². The number of nitrogens with zero attached hydrogens (tertiary/aromatic N) is 1. The molecule has 2 amide bonds. The third-order valence-electron chi connectivity index (χ3n) is 3.68. The Balaban J connectivity index is 1.94. The number of ether oxygens (including phenoxy) is 1. The van der Waals surface area contributed by atoms with Gasteiger partial charge in [0.25, 0.3) is 11.8 Å². The number of carbonyl (C=O) groups excluding carboxylic acids is 2. The summed E-state index contributed by atoms with van der Waals surface area (Å²) in [5, 5.41) is 0. The van der Waals surface area contributed by atoms with Gasteiger partial charge < -0.3 is 4.74 Å². The quantitative estimate of drug-likeness (QED) is 0.641. The van der Waals surface area contributed by atoms with Crippen molar-refractivity contribution in [2.24, 2.45) is 0 Å². The summed E-state index contributed by atoms with van der Waals surface area (Å²) in [5.74, 6) is -0.581. The summed E-state index contributed by atoms with van der Waals surface area (Å²) < 4.78 is 5.24. The first kappa shape index (κ1) is 13.5. The van der Waals surface area contributed by atoms with Gasteiger partial charge in [-0.25, -0.2) is 0 Å². The maximum atomic E-state index is 12.5. The molecule has 1 aliphatic heterocycles. The standard InChI is InChI=1S/C17H15NO3/c1-21-15-14(12-8-4-2-5-9-12)18(17(15)20)16(19)13-10-6-3-7-11-13/h2-11,14-15H,1H3. The molecule has 3 rings (SSSR count). The average molecular weight is 281 g/mol. The molecule has 2 atom stereocenters. The zero-order valence-corrected chi connectivity index (χ0v) is 11.6. The monoisotopic (exact) mass is 281 g/mol. The number of hydrogen-bond donors (Lipinski definition) is 0. The summed E-state index contributed by atoms with van der Waals surface area (Å²) in [6.45, 7) is 0. The van der Waals surface area contributed by atoms with Crippen molar-refractivity contribution in [2.75, 3.05) is 7.11 Å². The van der Waals surface area contributed by atoms with Crippen LogP contribution in [-0.2, 0) is 9.53 Å². The molecule has 106 valence electrons. The summed E-state index contributed by atoms with van der Waals surface area (Å²) in [4.78, 5) is 26.0. The highest BCUT2D eigenvalue weighted by molar-refractivity contribution is 6.10. The van der Waals surface area contributed by atoms with Crippen LogP contribution in [-0.4, -0.2) is 29.9 Å². The van der Waals surface area contributed by atoms with E-state index in [1.165, 1.54) is 12.0 Å². The van der Waals surface area contributed by atoms with E-state index in [9.17, 15) is 9.59 Å². The van der Waals surface area contributed by atoms with Crippen LogP contribution in [0.4, 0.5) is 0 Å². The van der Waals surface area contributed by atoms with Crippen LogP contribution in [0.2, 0.25) is 0 Å². The second-order valence-corrected chi connectivity index (χ2v) is 4.89. The van der Waals surface area contributed by atoms with Crippen LogP contribution in [0, 0.1) is 0 Å². The summed E-state index contributed by atoms with van der Waals surface area (Å²) in [5.41, 5.74) is 1.40. The zero-order chi connectivity index (χ0) is 14.8. The third kappa shape index (κ3) is 2.23. The Hall–Kier alpha value is -2.46. The molecule has 0 aromatic heterocycles. The maximum Gasteiger partial charge on any atom is 0.261 e. The van der Waals surface area contributed by atoms with Crippen LogP contribution in [0.25, 0.3) is 0 Å². The number of amides is 2. The average Bonchev–Trinajstić information content (AvgIpc) is 2.54. The van der Waals surface area contributed by atoms with E-state index >= 15 is 0 Å². The van der Waals surface area contributed by atoms with Gasteiger partial charge in [0, 0.05) is 12.7 Å². The Morgan fingerprint density at radius 2 is 1.57 bits per heavy atom. The van der Waals surface area contributed by atoms with Gasteiger partial charge in [-0.3, -0.25) is 14.5 Å². The molecule has 1 heterocycles. The molecule has 2 aromatic rings. The van der Waals surface area contributed by atoms with Crippen molar-refractivity contribution >= 4 is 11.8 Å². The number of rotatable bonds is 3. The van der Waals surface area contributed by atoms with E-state index in [-0.39, 0.29) is 17.9 Å². The molecule has 0 saturated carbocycles. The molecule has 0 spiro atoms. The highest BCUT2D eigenvalue weighted by Crippen LogP contribution is 2.37. The molecule has 0 bridgehead atoms. The molecule has 0 aliphatic carbocycles. The maximum absolute atomic E-state index is 12.5. The van der Waals surface area contributed by atoms with E-state index < -0.39 is 6.10 Å². The summed E-state index contributed by atoms with van der Waals surface area (Å²) in [6, 6.07) is 17.9. The molecule has 0 N–H and O–H groups in total. The van der Waals surface area contributed by atoms with Gasteiger partial charge in [-0.15, -0.1) is 0 Å². The number of carbonyl (C=O) groups is 2. The first-order chi connectivity index (χ1) is 10.2. The SMILES string of the molecule is COC1C(=O)N(C(=O)c2ccccc2)C1c1ccccc1. The predicted octanol–water partition coefficient (Wildman–Crippen LogP) is 2.43. The lowest BCUT2D eigenvalue weighted by molar-refractivity contribution is -0.164. The van der Waals surface area contributed by atoms with Gasteiger partial charge in [-0.05, 0) is 17.7 Å². The van der Waals surface area contributed by atoms with E-state index in [1.807, 2.05) is 36.4 Å². The normalized spacial score (nSPS) is 21.0. The number of likely N-dealkylation sites (tertiary alicyclic amines) is 1. The minimum Gasteiger partial charge on any atom is -0.369 e. The molecule has 0 radical (unpaired) electrons. The van der Waals surface area contributed by atoms with Crippen molar-refractivity contribution in [1.29, 1.82) is 0 Å². The molecular weight excluding hydrogens is 266 g/mol. The molecule has 1 saturated heterocycles. The fourth-order valence-corrected chi connectivity index (χ4v) is 2.61. The fourth-order valence-electron chi connectivity index (χ4n) is 2.61. The Bertz CT molecular complexity index is 654. The lowest BCUT2D eigenvalue weighted by Crippen LogP contribution is -2.61. The Labute approximate surface area is 123 Å². The van der Waals surface area contributed by atoms with Gasteiger partial charge in [-0.1, -0.05) is 48.5 Å². The molecule has 1 fully saturated rings. The molecule has 2 unspecified atom stereocenters. The first-order valence-electron chi connectivity index (χ1n) is 6.74. The fraction of sp³-hybridized carbons (Fsp3) is 0.176. The minimum absolute atomic E-state index is 0.289. The second-order valence-electron chi connectivity index (χ2n) is 4.89. The molecule has 21 heavy (non-hydrogen) atoms. The highest BCUT2D eigenvalue weighted by Gasteiger charge is 2.51. The van der Waals surface area contributed by atoms with E-state index in [0.717, 1.165) is 5.56 Å². The van der Waals surface area contributed by atoms with Crippen molar-refractivity contribution in [2.45, 2.75) is 12.1 Å². The number of hydrogen-bond acceptors (Lipinski definition) is 3. The van der Waals surface area contributed by atoms with Gasteiger partial charge in [-0.2, -0.15) is 0 Å². The Morgan fingerprint density at radius 3 is 2.14 bits per heavy atom. The Morgan fingerprint density at radius 1 is 1.00 bits per heavy atom. The Kier molecular flexibility index (Phi) is 3.54. The number of β-lactam (4-membered cyclic amide) rings is 1. The first-order valence-corrected chi connectivity index (χ1v) is 6.74. The molecule has 4 nitrogen and oxygen atoms in total. The van der Waals surface area contributed by atoms with Crippen LogP contribution in [0.1, 0.15) is 22.0 Å². The van der Waals surface area contributed by atoms with Crippen molar-refractivity contribution in [3.8, 4) is 0 Å². The van der Waals surface area contributed by atoms with Crippen molar-refractivity contribution in [1.82, 2.24) is 4.90 Å². The second kappa shape index (κ2) is 5.50. The zero-order valence-electron chi connectivity index (χ0n) is 11.6. The van der Waals surface area contributed by atoms with Crippen LogP contribution in [0.5, 0.6) is 0 Å². The van der Waals surface area contributed by atoms with Crippen LogP contribution in [0.15, 0.2) is 60.7 Å². The van der Waals surface area contributed by atoms with E-state index in [1.54, 1.807) is 24.3 Å². The topological polar surface area (TPSA) is 46.6 Å². The summed E-state index contributed by atoms with van der Waals surface area (Å²) >= 11 is 0. The number of imide groups is 1. The number of methoxy groups -OCH3 is 1. The minimum atomic E-state index is -0.597. The van der Waals surface area contributed by atoms with Gasteiger partial charge in [0.05, 0.1) is 0 Å². The van der Waals surface area contributed by atoms with Crippen LogP contribution in [0.3, 0.4) is 0 Å². The van der Waals surface area contributed by atoms with E-state index in [2.05, 4.69) is 0 Å². The molecule has 4 heteroatoms. The van der Waals surface area contributed by atoms with Crippen molar-refractivity contribution in [3.05, 3.63) is 71.8 Å². The largest absolute Gasteiger partial charge is 0.369 e. The predicted molar refractivity (Wildman–Crippen MR) is 77.6 cm³/mol. The molecule has 1 aliphatic rings. The lowest BCUT2D eigenvalue weighted by atomic mass is 9.89. The lowest BCUT2D eigenvalue weighted by Gasteiger charge is -2.44. The molecular formula is C17H15NO3. The van der Waals surface area contributed by atoms with E-state index in [4.69, 9.17) is 4.74 Å². The van der Waals surface area contributed by atoms with E-state index in [0.29, 0.717) is 5.56 Å². The summed E-state index contributed by atoms with van der Waals surface area (Å²) in [6.07, 6.45) is -0.597. The smallest absolute Gasteiger partial charge is 0.261 e. The number of benzene rings is 2. The summed E-state index contributed by atoms with van der Waals surface area (Å²) in [7, 11) is 1.49. The van der Waals surface area contributed by atoms with Gasteiger partial charge in [0.15, 0.2) is 6.10 Å². The van der Waals surface area contributed by atoms with Crippen LogP contribution >= 0.6 is 0 Å². The van der Waals surface area contributed by atoms with Crippen molar-refractivity contribution < 1.29 is 14.3 Å². The van der Waals surface area contributed by atoms with Gasteiger partial charge in [0.2, 0.25) is 0 Å². The van der Waals surface area contributed by atoms with Crippen molar-refractivity contribution in [3.63, 3.8) is 0 Å². The highest BCUT2D eigenvalue weighted by atomic mass is 16.5.